The van der Waals surface area contributed by atoms with Crippen LogP contribution in [0.2, 0.25) is 0 Å². The van der Waals surface area contributed by atoms with Crippen molar-refractivity contribution in [3.05, 3.63) is 5.01 Å². The zero-order valence-corrected chi connectivity index (χ0v) is 9.56. The summed E-state index contributed by atoms with van der Waals surface area (Å²) in [7, 11) is 0. The van der Waals surface area contributed by atoms with Gasteiger partial charge in [-0.3, -0.25) is 0 Å². The van der Waals surface area contributed by atoms with E-state index in [1.54, 1.807) is 0 Å². The normalized spacial score (nSPS) is 10.4. The summed E-state index contributed by atoms with van der Waals surface area (Å²) >= 11 is 1.52. The monoisotopic (exact) mass is 215 g/mol. The van der Waals surface area contributed by atoms with Crippen LogP contribution in [0.25, 0.3) is 0 Å². The lowest BCUT2D eigenvalue weighted by molar-refractivity contribution is 0.305. The van der Waals surface area contributed by atoms with Crippen LogP contribution in [0, 0.1) is 0 Å². The fourth-order valence-electron chi connectivity index (χ4n) is 0.904. The molecular formula is C9H17N3OS. The van der Waals surface area contributed by atoms with Crippen molar-refractivity contribution < 1.29 is 4.74 Å². The molecule has 1 heterocycles. The second kappa shape index (κ2) is 6.73. The highest BCUT2D eigenvalue weighted by Gasteiger charge is 2.03. The van der Waals surface area contributed by atoms with Crippen molar-refractivity contribution in [3.63, 3.8) is 0 Å². The van der Waals surface area contributed by atoms with Crippen LogP contribution in [0.4, 0.5) is 0 Å². The van der Waals surface area contributed by atoms with Crippen LogP contribution in [-0.2, 0) is 6.54 Å². The van der Waals surface area contributed by atoms with Gasteiger partial charge in [0.15, 0.2) is 0 Å². The molecule has 0 fully saturated rings. The van der Waals surface area contributed by atoms with Crippen molar-refractivity contribution in [1.82, 2.24) is 15.5 Å². The van der Waals surface area contributed by atoms with Gasteiger partial charge in [0.1, 0.15) is 5.01 Å². The van der Waals surface area contributed by atoms with Crippen molar-refractivity contribution in [3.8, 4) is 5.19 Å². The highest BCUT2D eigenvalue weighted by Crippen LogP contribution is 2.17. The van der Waals surface area contributed by atoms with E-state index in [0.717, 1.165) is 37.5 Å². The predicted molar refractivity (Wildman–Crippen MR) is 57.7 cm³/mol. The fourth-order valence-corrected chi connectivity index (χ4v) is 1.59. The van der Waals surface area contributed by atoms with Crippen LogP contribution >= 0.6 is 11.3 Å². The van der Waals surface area contributed by atoms with E-state index in [9.17, 15) is 0 Å². The SMILES string of the molecule is CCCCOc1nnc(CNCC)s1. The van der Waals surface area contributed by atoms with Crippen molar-refractivity contribution in [2.45, 2.75) is 33.2 Å². The highest BCUT2D eigenvalue weighted by atomic mass is 32.1. The lowest BCUT2D eigenvalue weighted by atomic mass is 10.4. The first-order valence-corrected chi connectivity index (χ1v) is 5.84. The summed E-state index contributed by atoms with van der Waals surface area (Å²) in [6.45, 7) is 6.68. The number of nitrogens with one attached hydrogen (secondary N) is 1. The summed E-state index contributed by atoms with van der Waals surface area (Å²) in [5.41, 5.74) is 0. The Bertz CT molecular complexity index is 252. The number of rotatable bonds is 7. The number of hydrogen-bond acceptors (Lipinski definition) is 5. The zero-order chi connectivity index (χ0) is 10.2. The molecule has 4 nitrogen and oxygen atoms in total. The van der Waals surface area contributed by atoms with E-state index in [1.165, 1.54) is 11.3 Å². The van der Waals surface area contributed by atoms with Gasteiger partial charge in [-0.25, -0.2) is 0 Å². The minimum absolute atomic E-state index is 0.686. The van der Waals surface area contributed by atoms with E-state index in [-0.39, 0.29) is 0 Å². The van der Waals surface area contributed by atoms with Crippen LogP contribution in [0.5, 0.6) is 5.19 Å². The molecule has 0 spiro atoms. The Hall–Kier alpha value is -0.680. The second-order valence-electron chi connectivity index (χ2n) is 2.94. The average molecular weight is 215 g/mol. The van der Waals surface area contributed by atoms with E-state index in [0.29, 0.717) is 5.19 Å². The van der Waals surface area contributed by atoms with E-state index >= 15 is 0 Å². The quantitative estimate of drug-likeness (QED) is 0.705. The average Bonchev–Trinajstić information content (AvgIpc) is 2.63. The molecule has 0 aliphatic rings. The molecule has 0 aliphatic heterocycles. The molecule has 1 N–H and O–H groups in total. The molecule has 0 bridgehead atoms. The summed E-state index contributed by atoms with van der Waals surface area (Å²) in [5.74, 6) is 0. The third-order valence-corrected chi connectivity index (χ3v) is 2.53. The van der Waals surface area contributed by atoms with E-state index < -0.39 is 0 Å². The maximum absolute atomic E-state index is 5.42. The van der Waals surface area contributed by atoms with E-state index in [4.69, 9.17) is 4.74 Å². The lowest BCUT2D eigenvalue weighted by Gasteiger charge is -1.97. The van der Waals surface area contributed by atoms with E-state index in [1.807, 2.05) is 0 Å². The topological polar surface area (TPSA) is 47.0 Å². The molecule has 0 saturated heterocycles. The summed E-state index contributed by atoms with van der Waals surface area (Å²) in [6, 6.07) is 0. The maximum atomic E-state index is 5.42. The van der Waals surface area contributed by atoms with Crippen molar-refractivity contribution in [1.29, 1.82) is 0 Å². The first kappa shape index (κ1) is 11.4. The molecule has 0 radical (unpaired) electrons. The van der Waals surface area contributed by atoms with Crippen LogP contribution in [0.15, 0.2) is 0 Å². The molecule has 0 unspecified atom stereocenters. The van der Waals surface area contributed by atoms with Gasteiger partial charge in [0.25, 0.3) is 5.19 Å². The Morgan fingerprint density at radius 2 is 2.21 bits per heavy atom. The molecule has 14 heavy (non-hydrogen) atoms. The summed E-state index contributed by atoms with van der Waals surface area (Å²) < 4.78 is 5.42. The van der Waals surface area contributed by atoms with Gasteiger partial charge in [0.2, 0.25) is 0 Å². The molecule has 1 rings (SSSR count). The maximum Gasteiger partial charge on any atom is 0.294 e. The van der Waals surface area contributed by atoms with Crippen LogP contribution in [0.1, 0.15) is 31.7 Å². The predicted octanol–water partition coefficient (Wildman–Crippen LogP) is 1.83. The highest BCUT2D eigenvalue weighted by molar-refractivity contribution is 7.13. The fraction of sp³-hybridized carbons (Fsp3) is 0.778. The van der Waals surface area contributed by atoms with Gasteiger partial charge >= 0.3 is 0 Å². The van der Waals surface area contributed by atoms with Crippen LogP contribution < -0.4 is 10.1 Å². The molecule has 0 saturated carbocycles. The number of ether oxygens (including phenoxy) is 1. The van der Waals surface area contributed by atoms with Crippen molar-refractivity contribution in [2.24, 2.45) is 0 Å². The van der Waals surface area contributed by atoms with Gasteiger partial charge in [0, 0.05) is 6.54 Å². The molecule has 0 aliphatic carbocycles. The largest absolute Gasteiger partial charge is 0.469 e. The molecule has 80 valence electrons. The molecule has 1 aromatic rings. The van der Waals surface area contributed by atoms with Crippen LogP contribution in [-0.4, -0.2) is 23.3 Å². The van der Waals surface area contributed by atoms with Gasteiger partial charge in [-0.05, 0) is 13.0 Å². The lowest BCUT2D eigenvalue weighted by Crippen LogP contribution is -2.11. The van der Waals surface area contributed by atoms with Gasteiger partial charge < -0.3 is 10.1 Å². The number of unbranched alkanes of at least 4 members (excludes halogenated alkanes) is 1. The summed E-state index contributed by atoms with van der Waals surface area (Å²) in [6.07, 6.45) is 2.21. The van der Waals surface area contributed by atoms with Gasteiger partial charge in [-0.2, -0.15) is 0 Å². The van der Waals surface area contributed by atoms with Gasteiger partial charge in [-0.15, -0.1) is 10.2 Å². The molecule has 0 aromatic carbocycles. The second-order valence-corrected chi connectivity index (χ2v) is 3.97. The third-order valence-electron chi connectivity index (χ3n) is 1.70. The van der Waals surface area contributed by atoms with Crippen molar-refractivity contribution >= 4 is 11.3 Å². The Morgan fingerprint density at radius 1 is 1.36 bits per heavy atom. The number of aromatic nitrogens is 2. The summed E-state index contributed by atoms with van der Waals surface area (Å²) in [4.78, 5) is 0. The Morgan fingerprint density at radius 3 is 2.93 bits per heavy atom. The van der Waals surface area contributed by atoms with E-state index in [2.05, 4.69) is 29.4 Å². The summed E-state index contributed by atoms with van der Waals surface area (Å²) in [5, 5.41) is 12.8. The molecule has 0 amide bonds. The van der Waals surface area contributed by atoms with Crippen LogP contribution in [0.3, 0.4) is 0 Å². The number of nitrogens with zero attached hydrogens (tertiary/aromatic N) is 2. The molecular weight excluding hydrogens is 198 g/mol. The van der Waals surface area contributed by atoms with Gasteiger partial charge in [-0.1, -0.05) is 31.6 Å². The first-order valence-electron chi connectivity index (χ1n) is 5.02. The Kier molecular flexibility index (Phi) is 5.47. The molecule has 5 heteroatoms. The molecule has 0 atom stereocenters. The first-order chi connectivity index (χ1) is 6.86. The van der Waals surface area contributed by atoms with Gasteiger partial charge in [0.05, 0.1) is 6.61 Å². The smallest absolute Gasteiger partial charge is 0.294 e. The minimum atomic E-state index is 0.686. The molecule has 1 aromatic heterocycles. The zero-order valence-electron chi connectivity index (χ0n) is 8.75. The standard InChI is InChI=1S/C9H17N3OS/c1-3-5-6-13-9-12-11-8(14-9)7-10-4-2/h10H,3-7H2,1-2H3. The Labute approximate surface area is 88.7 Å². The minimum Gasteiger partial charge on any atom is -0.469 e. The van der Waals surface area contributed by atoms with Crippen molar-refractivity contribution in [2.75, 3.05) is 13.2 Å². The third kappa shape index (κ3) is 4.02. The Balaban J connectivity index is 2.27. The number of hydrogen-bond donors (Lipinski definition) is 1.